The third-order valence-electron chi connectivity index (χ3n) is 2.68. The van der Waals surface area contributed by atoms with Crippen molar-refractivity contribution in [1.82, 2.24) is 9.71 Å². The number of nitrogens with one attached hydrogen (secondary N) is 1. The highest BCUT2D eigenvalue weighted by molar-refractivity contribution is 7.89. The number of methoxy groups -OCH3 is 1. The van der Waals surface area contributed by atoms with Crippen LogP contribution in [0.4, 0.5) is 0 Å². The predicted octanol–water partition coefficient (Wildman–Crippen LogP) is 2.88. The van der Waals surface area contributed by atoms with Crippen LogP contribution in [0.2, 0.25) is 10.0 Å². The first-order valence-corrected chi connectivity index (χ1v) is 9.03. The summed E-state index contributed by atoms with van der Waals surface area (Å²) in [6.45, 7) is 0. The van der Waals surface area contributed by atoms with Crippen molar-refractivity contribution in [2.75, 3.05) is 13.4 Å². The molecule has 24 heavy (non-hydrogen) atoms. The average Bonchev–Trinajstić information content (AvgIpc) is 2.47. The van der Waals surface area contributed by atoms with Gasteiger partial charge >= 0.3 is 0 Å². The van der Waals surface area contributed by atoms with Crippen LogP contribution in [0.25, 0.3) is 0 Å². The zero-order chi connectivity index (χ0) is 17.9. The Bertz CT molecular complexity index is 887. The molecular formula is C14H12Cl2N2O5S. The number of hydrogen-bond donors (Lipinski definition) is 1. The number of amides is 1. The smallest absolute Gasteiger partial charge is 0.264 e. The number of benzene rings is 1. The quantitative estimate of drug-likeness (QED) is 0.842. The molecular weight excluding hydrogens is 379 g/mol. The van der Waals surface area contributed by atoms with Crippen LogP contribution < -0.4 is 14.2 Å². The van der Waals surface area contributed by atoms with E-state index in [0.29, 0.717) is 5.75 Å². The molecule has 0 atom stereocenters. The van der Waals surface area contributed by atoms with Crippen molar-refractivity contribution >= 4 is 39.1 Å². The lowest BCUT2D eigenvalue weighted by molar-refractivity contribution is 0.0981. The summed E-state index contributed by atoms with van der Waals surface area (Å²) < 4.78 is 34.5. The number of nitrogens with zero attached hydrogens (tertiary/aromatic N) is 1. The van der Waals surface area contributed by atoms with Gasteiger partial charge in [0.05, 0.1) is 24.6 Å². The molecule has 2 aromatic rings. The highest BCUT2D eigenvalue weighted by Crippen LogP contribution is 2.32. The standard InChI is InChI=1S/C14H12Cl2N2O5S/c1-22-14-11(16)6-9(7-17-14)23-12-4-3-8(5-10(12)15)13(19)18-24(2,20)21/h3-7H,1-2H3,(H,18,19). The van der Waals surface area contributed by atoms with Gasteiger partial charge in [-0.1, -0.05) is 23.2 Å². The van der Waals surface area contributed by atoms with E-state index in [-0.39, 0.29) is 27.2 Å². The van der Waals surface area contributed by atoms with E-state index in [1.54, 1.807) is 0 Å². The Morgan fingerprint density at radius 1 is 1.21 bits per heavy atom. The number of sulfonamides is 1. The Balaban J connectivity index is 2.21. The number of pyridine rings is 1. The molecule has 1 heterocycles. The molecule has 0 aliphatic heterocycles. The van der Waals surface area contributed by atoms with Gasteiger partial charge in [0.1, 0.15) is 16.5 Å². The van der Waals surface area contributed by atoms with Gasteiger partial charge in [-0.15, -0.1) is 0 Å². The van der Waals surface area contributed by atoms with Crippen molar-refractivity contribution in [1.29, 1.82) is 0 Å². The number of rotatable bonds is 5. The minimum Gasteiger partial charge on any atom is -0.480 e. The van der Waals surface area contributed by atoms with Crippen LogP contribution in [0.5, 0.6) is 17.4 Å². The fraction of sp³-hybridized carbons (Fsp3) is 0.143. The third kappa shape index (κ3) is 4.73. The molecule has 1 amide bonds. The maximum atomic E-state index is 11.8. The van der Waals surface area contributed by atoms with Crippen LogP contribution >= 0.6 is 23.2 Å². The summed E-state index contributed by atoms with van der Waals surface area (Å²) >= 11 is 12.0. The normalized spacial score (nSPS) is 11.0. The Labute approximate surface area is 148 Å². The molecule has 1 aromatic carbocycles. The molecule has 0 fully saturated rings. The first-order chi connectivity index (χ1) is 11.2. The summed E-state index contributed by atoms with van der Waals surface area (Å²) in [5.74, 6) is 0.0228. The van der Waals surface area contributed by atoms with E-state index in [1.165, 1.54) is 37.6 Å². The molecule has 0 radical (unpaired) electrons. The summed E-state index contributed by atoms with van der Waals surface area (Å²) in [6, 6.07) is 5.59. The average molecular weight is 391 g/mol. The van der Waals surface area contributed by atoms with Gasteiger partial charge in [-0.05, 0) is 18.2 Å². The molecule has 0 spiro atoms. The highest BCUT2D eigenvalue weighted by Gasteiger charge is 2.14. The fourth-order valence-electron chi connectivity index (χ4n) is 1.69. The van der Waals surface area contributed by atoms with E-state index < -0.39 is 15.9 Å². The molecule has 1 aromatic heterocycles. The topological polar surface area (TPSA) is 94.6 Å². The van der Waals surface area contributed by atoms with E-state index in [4.69, 9.17) is 32.7 Å². The van der Waals surface area contributed by atoms with Crippen LogP contribution in [-0.2, 0) is 10.0 Å². The van der Waals surface area contributed by atoms with Crippen LogP contribution in [0.3, 0.4) is 0 Å². The lowest BCUT2D eigenvalue weighted by atomic mass is 10.2. The number of hydrogen-bond acceptors (Lipinski definition) is 6. The van der Waals surface area contributed by atoms with E-state index in [9.17, 15) is 13.2 Å². The van der Waals surface area contributed by atoms with Gasteiger partial charge in [0.15, 0.2) is 0 Å². The number of carbonyl (C=O) groups excluding carboxylic acids is 1. The maximum absolute atomic E-state index is 11.8. The zero-order valence-electron chi connectivity index (χ0n) is 12.5. The maximum Gasteiger partial charge on any atom is 0.264 e. The molecule has 0 unspecified atom stereocenters. The van der Waals surface area contributed by atoms with E-state index in [2.05, 4.69) is 4.98 Å². The lowest BCUT2D eigenvalue weighted by Crippen LogP contribution is -2.29. The second-order valence-corrected chi connectivity index (χ2v) is 7.18. The van der Waals surface area contributed by atoms with Gasteiger partial charge in [-0.3, -0.25) is 4.79 Å². The van der Waals surface area contributed by atoms with Crippen molar-refractivity contribution < 1.29 is 22.7 Å². The third-order valence-corrected chi connectivity index (χ3v) is 3.80. The molecule has 1 N–H and O–H groups in total. The van der Waals surface area contributed by atoms with Gasteiger partial charge in [0.2, 0.25) is 15.9 Å². The molecule has 10 heteroatoms. The van der Waals surface area contributed by atoms with Crippen molar-refractivity contribution in [2.45, 2.75) is 0 Å². The van der Waals surface area contributed by atoms with Crippen LogP contribution in [0, 0.1) is 0 Å². The molecule has 0 saturated heterocycles. The van der Waals surface area contributed by atoms with Crippen molar-refractivity contribution in [3.05, 3.63) is 46.1 Å². The zero-order valence-corrected chi connectivity index (χ0v) is 14.9. The van der Waals surface area contributed by atoms with Gasteiger partial charge < -0.3 is 9.47 Å². The van der Waals surface area contributed by atoms with Crippen LogP contribution in [0.1, 0.15) is 10.4 Å². The molecule has 0 aliphatic carbocycles. The van der Waals surface area contributed by atoms with E-state index in [1.807, 2.05) is 4.72 Å². The highest BCUT2D eigenvalue weighted by atomic mass is 35.5. The Morgan fingerprint density at radius 2 is 1.92 bits per heavy atom. The van der Waals surface area contributed by atoms with Gasteiger partial charge in [-0.2, -0.15) is 0 Å². The Morgan fingerprint density at radius 3 is 2.46 bits per heavy atom. The fourth-order valence-corrected chi connectivity index (χ4v) is 2.60. The van der Waals surface area contributed by atoms with Crippen LogP contribution in [0.15, 0.2) is 30.5 Å². The number of halogens is 2. The first kappa shape index (κ1) is 18.3. The minimum absolute atomic E-state index is 0.0728. The number of ether oxygens (including phenoxy) is 2. The first-order valence-electron chi connectivity index (χ1n) is 6.38. The summed E-state index contributed by atoms with van der Waals surface area (Å²) in [6.07, 6.45) is 2.27. The molecule has 0 aliphatic rings. The summed E-state index contributed by atoms with van der Waals surface area (Å²) in [5.41, 5.74) is 0.0728. The van der Waals surface area contributed by atoms with E-state index in [0.717, 1.165) is 6.26 Å². The van der Waals surface area contributed by atoms with Crippen molar-refractivity contribution in [2.24, 2.45) is 0 Å². The molecule has 7 nitrogen and oxygen atoms in total. The summed E-state index contributed by atoms with van der Waals surface area (Å²) in [7, 11) is -2.23. The molecule has 2 rings (SSSR count). The predicted molar refractivity (Wildman–Crippen MR) is 89.6 cm³/mol. The molecule has 0 saturated carbocycles. The second-order valence-electron chi connectivity index (χ2n) is 4.61. The van der Waals surface area contributed by atoms with E-state index >= 15 is 0 Å². The molecule has 128 valence electrons. The monoisotopic (exact) mass is 390 g/mol. The Hall–Kier alpha value is -2.03. The Kier molecular flexibility index (Phi) is 5.53. The second kappa shape index (κ2) is 7.25. The van der Waals surface area contributed by atoms with Crippen molar-refractivity contribution in [3.63, 3.8) is 0 Å². The number of carbonyl (C=O) groups is 1. The minimum atomic E-state index is -3.66. The lowest BCUT2D eigenvalue weighted by Gasteiger charge is -2.10. The van der Waals surface area contributed by atoms with Gasteiger partial charge in [0.25, 0.3) is 5.91 Å². The molecule has 0 bridgehead atoms. The number of aromatic nitrogens is 1. The summed E-state index contributed by atoms with van der Waals surface area (Å²) in [5, 5.41) is 0.373. The SMILES string of the molecule is COc1ncc(Oc2ccc(C(=O)NS(C)(=O)=O)cc2Cl)cc1Cl. The van der Waals surface area contributed by atoms with Crippen molar-refractivity contribution in [3.8, 4) is 17.4 Å². The van der Waals surface area contributed by atoms with Gasteiger partial charge in [0, 0.05) is 11.6 Å². The summed E-state index contributed by atoms with van der Waals surface area (Å²) in [4.78, 5) is 15.7. The van der Waals surface area contributed by atoms with Gasteiger partial charge in [-0.25, -0.2) is 18.1 Å². The van der Waals surface area contributed by atoms with Crippen LogP contribution in [-0.4, -0.2) is 32.7 Å². The largest absolute Gasteiger partial charge is 0.480 e.